The van der Waals surface area contributed by atoms with E-state index in [1.165, 1.54) is 14.0 Å². The number of benzene rings is 1. The highest BCUT2D eigenvalue weighted by Gasteiger charge is 2.45. The molecule has 0 fully saturated rings. The Morgan fingerprint density at radius 1 is 1.00 bits per heavy atom. The molecule has 6 heteroatoms. The van der Waals surface area contributed by atoms with E-state index in [1.807, 2.05) is 50.2 Å². The summed E-state index contributed by atoms with van der Waals surface area (Å²) in [7, 11) is 1.39. The lowest BCUT2D eigenvalue weighted by molar-refractivity contribution is -0.151. The number of carbonyl (C=O) groups excluding carboxylic acids is 2. The number of fused-ring (bicyclic) bond motifs is 2. The van der Waals surface area contributed by atoms with Gasteiger partial charge in [-0.2, -0.15) is 0 Å². The van der Waals surface area contributed by atoms with Crippen LogP contribution in [0.4, 0.5) is 0 Å². The van der Waals surface area contributed by atoms with Crippen LogP contribution in [0.2, 0.25) is 0 Å². The second-order valence-electron chi connectivity index (χ2n) is 7.87. The average Bonchev–Trinajstić information content (AvgIpc) is 2.76. The minimum absolute atomic E-state index is 0.0128. The number of carbonyl (C=O) groups is 2. The zero-order valence-corrected chi connectivity index (χ0v) is 17.3. The highest BCUT2D eigenvalue weighted by atomic mass is 16.5. The predicted molar refractivity (Wildman–Crippen MR) is 112 cm³/mol. The Bertz CT molecular complexity index is 1140. The Morgan fingerprint density at radius 2 is 1.70 bits per heavy atom. The van der Waals surface area contributed by atoms with E-state index in [0.29, 0.717) is 23.0 Å². The van der Waals surface area contributed by atoms with Crippen LogP contribution in [-0.2, 0) is 9.53 Å². The summed E-state index contributed by atoms with van der Waals surface area (Å²) in [6.07, 6.45) is 1.65. The molecule has 6 nitrogen and oxygen atoms in total. The zero-order valence-electron chi connectivity index (χ0n) is 17.3. The molecule has 0 radical (unpaired) electrons. The van der Waals surface area contributed by atoms with Gasteiger partial charge in [-0.15, -0.1) is 0 Å². The Morgan fingerprint density at radius 3 is 2.37 bits per heavy atom. The van der Waals surface area contributed by atoms with Gasteiger partial charge < -0.3 is 9.47 Å². The van der Waals surface area contributed by atoms with Crippen molar-refractivity contribution in [2.45, 2.75) is 26.7 Å². The van der Waals surface area contributed by atoms with E-state index in [4.69, 9.17) is 14.5 Å². The third-order valence-electron chi connectivity index (χ3n) is 5.53. The summed E-state index contributed by atoms with van der Waals surface area (Å²) in [5.41, 5.74) is 2.99. The molecule has 1 atom stereocenters. The molecule has 3 heterocycles. The molecule has 152 valence electrons. The summed E-state index contributed by atoms with van der Waals surface area (Å²) in [6.45, 7) is 5.24. The number of rotatable bonds is 4. The molecule has 1 aliphatic rings. The first-order chi connectivity index (χ1) is 14.3. The lowest BCUT2D eigenvalue weighted by Gasteiger charge is -2.36. The number of nitrogens with zero attached hydrogens (tertiary/aromatic N) is 2. The number of hydrogen-bond acceptors (Lipinski definition) is 6. The van der Waals surface area contributed by atoms with Gasteiger partial charge in [0.1, 0.15) is 0 Å². The highest BCUT2D eigenvalue weighted by Crippen LogP contribution is 2.51. The molecule has 0 amide bonds. The molecule has 1 aliphatic heterocycles. The summed E-state index contributed by atoms with van der Waals surface area (Å²) in [4.78, 5) is 33.2. The van der Waals surface area contributed by atoms with Gasteiger partial charge in [-0.25, -0.2) is 9.97 Å². The Hall–Kier alpha value is -3.54. The van der Waals surface area contributed by atoms with Gasteiger partial charge >= 0.3 is 5.97 Å². The Labute approximate surface area is 174 Å². The van der Waals surface area contributed by atoms with E-state index < -0.39 is 5.41 Å². The topological polar surface area (TPSA) is 78.4 Å². The number of hydrogen-bond donors (Lipinski definition) is 0. The molecular formula is C24H22N2O4. The van der Waals surface area contributed by atoms with Crippen molar-refractivity contribution in [3.63, 3.8) is 0 Å². The van der Waals surface area contributed by atoms with Gasteiger partial charge in [0, 0.05) is 34.4 Å². The predicted octanol–water partition coefficient (Wildman–Crippen LogP) is 4.78. The number of ketones is 1. The molecule has 0 spiro atoms. The average molecular weight is 402 g/mol. The van der Waals surface area contributed by atoms with Crippen LogP contribution in [0.25, 0.3) is 11.3 Å². The first kappa shape index (κ1) is 19.8. The van der Waals surface area contributed by atoms with Crippen molar-refractivity contribution in [3.8, 4) is 23.0 Å². The second kappa shape index (κ2) is 7.37. The van der Waals surface area contributed by atoms with Gasteiger partial charge in [-0.1, -0.05) is 36.4 Å². The van der Waals surface area contributed by atoms with Gasteiger partial charge in [0.25, 0.3) is 0 Å². The lowest BCUT2D eigenvalue weighted by atomic mass is 9.71. The van der Waals surface area contributed by atoms with Gasteiger partial charge in [0.15, 0.2) is 5.78 Å². The van der Waals surface area contributed by atoms with Crippen molar-refractivity contribution in [3.05, 3.63) is 71.4 Å². The fraction of sp³-hybridized carbons (Fsp3) is 0.250. The number of Topliss-reactive ketones (excluding diaryl/α,β-unsaturated/α-hetero) is 1. The monoisotopic (exact) mass is 402 g/mol. The van der Waals surface area contributed by atoms with Crippen LogP contribution in [0, 0.1) is 5.41 Å². The number of methoxy groups -OCH3 is 1. The first-order valence-corrected chi connectivity index (χ1v) is 9.66. The van der Waals surface area contributed by atoms with Gasteiger partial charge in [-0.05, 0) is 32.9 Å². The highest BCUT2D eigenvalue weighted by molar-refractivity contribution is 5.94. The SMILES string of the molecule is COC(=O)C(C)(C)C1c2cccnc2Oc2nc(-c3ccc(C(C)=O)cc3)ccc21. The van der Waals surface area contributed by atoms with Crippen molar-refractivity contribution in [1.82, 2.24) is 9.97 Å². The molecule has 0 aliphatic carbocycles. The number of aromatic nitrogens is 2. The maximum Gasteiger partial charge on any atom is 0.312 e. The molecule has 4 rings (SSSR count). The summed E-state index contributed by atoms with van der Waals surface area (Å²) < 4.78 is 11.1. The van der Waals surface area contributed by atoms with E-state index in [-0.39, 0.29) is 17.7 Å². The van der Waals surface area contributed by atoms with Crippen molar-refractivity contribution < 1.29 is 19.1 Å². The number of pyridine rings is 2. The van der Waals surface area contributed by atoms with Crippen LogP contribution >= 0.6 is 0 Å². The van der Waals surface area contributed by atoms with Crippen molar-refractivity contribution >= 4 is 11.8 Å². The normalized spacial score (nSPS) is 14.9. The van der Waals surface area contributed by atoms with E-state index in [9.17, 15) is 9.59 Å². The lowest BCUT2D eigenvalue weighted by Crippen LogP contribution is -2.35. The molecule has 1 aromatic carbocycles. The summed E-state index contributed by atoms with van der Waals surface area (Å²) >= 11 is 0. The molecule has 1 unspecified atom stereocenters. The first-order valence-electron chi connectivity index (χ1n) is 9.66. The standard InChI is InChI=1S/C24H22N2O4/c1-14(27)15-7-9-16(10-8-15)19-12-11-18-20(24(2,3)23(28)29-4)17-6-5-13-25-21(17)30-22(18)26-19/h5-13,20H,1-4H3. The maximum absolute atomic E-state index is 12.6. The number of ether oxygens (including phenoxy) is 2. The minimum Gasteiger partial charge on any atom is -0.469 e. The smallest absolute Gasteiger partial charge is 0.312 e. The van der Waals surface area contributed by atoms with Crippen molar-refractivity contribution in [2.75, 3.05) is 7.11 Å². The molecule has 0 saturated heterocycles. The summed E-state index contributed by atoms with van der Waals surface area (Å²) in [6, 6.07) is 14.8. The van der Waals surface area contributed by atoms with E-state index in [1.54, 1.807) is 18.3 Å². The van der Waals surface area contributed by atoms with Gasteiger partial charge in [-0.3, -0.25) is 9.59 Å². The molecule has 30 heavy (non-hydrogen) atoms. The van der Waals surface area contributed by atoms with Gasteiger partial charge in [0.2, 0.25) is 11.8 Å². The van der Waals surface area contributed by atoms with Gasteiger partial charge in [0.05, 0.1) is 18.2 Å². The second-order valence-corrected chi connectivity index (χ2v) is 7.87. The fourth-order valence-electron chi connectivity index (χ4n) is 3.91. The van der Waals surface area contributed by atoms with Crippen LogP contribution in [0.15, 0.2) is 54.7 Å². The largest absolute Gasteiger partial charge is 0.469 e. The molecule has 0 saturated carbocycles. The summed E-state index contributed by atoms with van der Waals surface area (Å²) in [5, 5.41) is 0. The van der Waals surface area contributed by atoms with Crippen molar-refractivity contribution in [1.29, 1.82) is 0 Å². The Balaban J connectivity index is 1.82. The summed E-state index contributed by atoms with van der Waals surface area (Å²) in [5.74, 6) is 0.219. The van der Waals surface area contributed by atoms with Crippen LogP contribution < -0.4 is 4.74 Å². The van der Waals surface area contributed by atoms with Crippen LogP contribution in [0.5, 0.6) is 11.8 Å². The Kier molecular flexibility index (Phi) is 4.86. The van der Waals surface area contributed by atoms with E-state index in [0.717, 1.165) is 16.7 Å². The quantitative estimate of drug-likeness (QED) is 0.461. The van der Waals surface area contributed by atoms with Crippen LogP contribution in [0.3, 0.4) is 0 Å². The van der Waals surface area contributed by atoms with Crippen LogP contribution in [0.1, 0.15) is 48.2 Å². The fourth-order valence-corrected chi connectivity index (χ4v) is 3.91. The van der Waals surface area contributed by atoms with E-state index >= 15 is 0 Å². The molecule has 2 aromatic heterocycles. The number of esters is 1. The molecule has 0 bridgehead atoms. The molecular weight excluding hydrogens is 380 g/mol. The maximum atomic E-state index is 12.6. The third-order valence-corrected chi connectivity index (χ3v) is 5.53. The van der Waals surface area contributed by atoms with Crippen LogP contribution in [-0.4, -0.2) is 28.8 Å². The molecule has 3 aromatic rings. The zero-order chi connectivity index (χ0) is 21.5. The molecule has 0 N–H and O–H groups in total. The third kappa shape index (κ3) is 3.24. The van der Waals surface area contributed by atoms with E-state index in [2.05, 4.69) is 4.98 Å². The van der Waals surface area contributed by atoms with Crippen molar-refractivity contribution in [2.24, 2.45) is 5.41 Å². The minimum atomic E-state index is -0.850.